The van der Waals surface area contributed by atoms with Crippen LogP contribution in [0.3, 0.4) is 0 Å². The van der Waals surface area contributed by atoms with Crippen LogP contribution >= 0.6 is 0 Å². The van der Waals surface area contributed by atoms with Crippen LogP contribution < -0.4 is 5.32 Å². The van der Waals surface area contributed by atoms with Crippen LogP contribution in [0.15, 0.2) is 0 Å². The van der Waals surface area contributed by atoms with Gasteiger partial charge in [-0.3, -0.25) is 4.68 Å². The Morgan fingerprint density at radius 1 is 1.38 bits per heavy atom. The van der Waals surface area contributed by atoms with E-state index in [1.54, 1.807) is 0 Å². The van der Waals surface area contributed by atoms with Crippen molar-refractivity contribution in [3.63, 3.8) is 0 Å². The molecule has 1 aromatic rings. The molecule has 2 rings (SSSR count). The second-order valence-corrected chi connectivity index (χ2v) is 6.89. The molecule has 4 nitrogen and oxygen atoms in total. The summed E-state index contributed by atoms with van der Waals surface area (Å²) < 4.78 is 2.11. The van der Waals surface area contributed by atoms with Crippen LogP contribution in [0.5, 0.6) is 0 Å². The first-order valence-corrected chi connectivity index (χ1v) is 8.39. The first-order chi connectivity index (χ1) is 9.98. The van der Waals surface area contributed by atoms with Gasteiger partial charge in [0.25, 0.3) is 0 Å². The molecule has 120 valence electrons. The zero-order chi connectivity index (χ0) is 15.5. The molecule has 1 heterocycles. The van der Waals surface area contributed by atoms with E-state index in [1.807, 2.05) is 0 Å². The highest BCUT2D eigenvalue weighted by molar-refractivity contribution is 5.24. The maximum Gasteiger partial charge on any atom is 0.0641 e. The van der Waals surface area contributed by atoms with Crippen molar-refractivity contribution < 1.29 is 5.11 Å². The Kier molecular flexibility index (Phi) is 5.44. The fourth-order valence-corrected chi connectivity index (χ4v) is 3.48. The fourth-order valence-electron chi connectivity index (χ4n) is 3.48. The van der Waals surface area contributed by atoms with E-state index < -0.39 is 0 Å². The minimum Gasteiger partial charge on any atom is -0.393 e. The standard InChI is InChI=1S/C17H31N3O/c1-5-10-20-14(3)15(13(2)19-20)11-18-12-17(4)9-7-6-8-16(17)21/h16,18,21H,5-12H2,1-4H3. The van der Waals surface area contributed by atoms with Gasteiger partial charge in [0.1, 0.15) is 0 Å². The first-order valence-electron chi connectivity index (χ1n) is 8.39. The minimum atomic E-state index is -0.163. The molecule has 0 amide bonds. The number of aliphatic hydroxyl groups is 1. The molecule has 2 unspecified atom stereocenters. The van der Waals surface area contributed by atoms with Gasteiger partial charge in [-0.05, 0) is 33.1 Å². The molecule has 0 radical (unpaired) electrons. The Morgan fingerprint density at radius 2 is 2.14 bits per heavy atom. The molecule has 1 saturated carbocycles. The molecule has 1 fully saturated rings. The summed E-state index contributed by atoms with van der Waals surface area (Å²) in [7, 11) is 0. The van der Waals surface area contributed by atoms with Gasteiger partial charge in [-0.2, -0.15) is 5.10 Å². The van der Waals surface area contributed by atoms with E-state index >= 15 is 0 Å². The molecule has 1 aliphatic carbocycles. The Morgan fingerprint density at radius 3 is 2.81 bits per heavy atom. The van der Waals surface area contributed by atoms with Crippen molar-refractivity contribution in [2.45, 2.75) is 79.0 Å². The highest BCUT2D eigenvalue weighted by atomic mass is 16.3. The normalized spacial score (nSPS) is 26.2. The third-order valence-electron chi connectivity index (χ3n) is 5.08. The van der Waals surface area contributed by atoms with Crippen molar-refractivity contribution in [3.8, 4) is 0 Å². The number of hydrogen-bond acceptors (Lipinski definition) is 3. The second kappa shape index (κ2) is 6.93. The molecule has 21 heavy (non-hydrogen) atoms. The van der Waals surface area contributed by atoms with Crippen LogP contribution in [0.2, 0.25) is 0 Å². The summed E-state index contributed by atoms with van der Waals surface area (Å²) in [5.41, 5.74) is 3.75. The zero-order valence-corrected chi connectivity index (χ0v) is 14.1. The van der Waals surface area contributed by atoms with Gasteiger partial charge >= 0.3 is 0 Å². The number of hydrogen-bond donors (Lipinski definition) is 2. The molecule has 1 aliphatic rings. The molecule has 1 aromatic heterocycles. The van der Waals surface area contributed by atoms with Crippen LogP contribution in [-0.4, -0.2) is 27.5 Å². The summed E-state index contributed by atoms with van der Waals surface area (Å²) in [5.74, 6) is 0. The zero-order valence-electron chi connectivity index (χ0n) is 14.1. The number of nitrogens with one attached hydrogen (secondary N) is 1. The predicted molar refractivity (Wildman–Crippen MR) is 86.3 cm³/mol. The number of rotatable bonds is 6. The molecule has 0 spiro atoms. The van der Waals surface area contributed by atoms with Crippen molar-refractivity contribution in [1.29, 1.82) is 0 Å². The first kappa shape index (κ1) is 16.5. The third kappa shape index (κ3) is 3.67. The predicted octanol–water partition coefficient (Wildman–Crippen LogP) is 2.94. The topological polar surface area (TPSA) is 50.1 Å². The largest absolute Gasteiger partial charge is 0.393 e. The maximum absolute atomic E-state index is 10.3. The van der Waals surface area contributed by atoms with E-state index in [1.165, 1.54) is 24.1 Å². The highest BCUT2D eigenvalue weighted by Crippen LogP contribution is 2.35. The van der Waals surface area contributed by atoms with Crippen molar-refractivity contribution in [1.82, 2.24) is 15.1 Å². The molecular formula is C17H31N3O. The van der Waals surface area contributed by atoms with Crippen LogP contribution in [0, 0.1) is 19.3 Å². The van der Waals surface area contributed by atoms with E-state index in [2.05, 4.69) is 42.8 Å². The molecule has 2 N–H and O–H groups in total. The monoisotopic (exact) mass is 293 g/mol. The van der Waals surface area contributed by atoms with Gasteiger partial charge in [-0.1, -0.05) is 26.7 Å². The lowest BCUT2D eigenvalue weighted by atomic mass is 9.73. The van der Waals surface area contributed by atoms with Crippen LogP contribution in [0.25, 0.3) is 0 Å². The van der Waals surface area contributed by atoms with Gasteiger partial charge in [-0.25, -0.2) is 0 Å². The van der Waals surface area contributed by atoms with Gasteiger partial charge in [0.15, 0.2) is 0 Å². The van der Waals surface area contributed by atoms with Crippen molar-refractivity contribution in [3.05, 3.63) is 17.0 Å². The maximum atomic E-state index is 10.3. The highest BCUT2D eigenvalue weighted by Gasteiger charge is 2.34. The quantitative estimate of drug-likeness (QED) is 0.848. The van der Waals surface area contributed by atoms with E-state index in [0.29, 0.717) is 0 Å². The lowest BCUT2D eigenvalue weighted by Crippen LogP contribution is -2.43. The number of nitrogens with zero attached hydrogens (tertiary/aromatic N) is 2. The van der Waals surface area contributed by atoms with Crippen LogP contribution in [-0.2, 0) is 13.1 Å². The summed E-state index contributed by atoms with van der Waals surface area (Å²) >= 11 is 0. The smallest absolute Gasteiger partial charge is 0.0641 e. The van der Waals surface area contributed by atoms with E-state index in [4.69, 9.17) is 0 Å². The van der Waals surface area contributed by atoms with Gasteiger partial charge in [-0.15, -0.1) is 0 Å². The van der Waals surface area contributed by atoms with Crippen LogP contribution in [0.4, 0.5) is 0 Å². The summed E-state index contributed by atoms with van der Waals surface area (Å²) in [6.07, 6.45) is 5.42. The van der Waals surface area contributed by atoms with Gasteiger partial charge in [0, 0.05) is 36.3 Å². The Bertz CT molecular complexity index is 469. The van der Waals surface area contributed by atoms with E-state index in [-0.39, 0.29) is 11.5 Å². The average Bonchev–Trinajstić information content (AvgIpc) is 2.70. The Hall–Kier alpha value is -0.870. The van der Waals surface area contributed by atoms with E-state index in [9.17, 15) is 5.11 Å². The Labute approximate surface area is 128 Å². The Balaban J connectivity index is 1.94. The van der Waals surface area contributed by atoms with Gasteiger partial charge in [0.05, 0.1) is 11.8 Å². The molecule has 2 atom stereocenters. The molecule has 0 saturated heterocycles. The lowest BCUT2D eigenvalue weighted by Gasteiger charge is -2.38. The van der Waals surface area contributed by atoms with Crippen molar-refractivity contribution >= 4 is 0 Å². The average molecular weight is 293 g/mol. The lowest BCUT2D eigenvalue weighted by molar-refractivity contribution is 0.00114. The summed E-state index contributed by atoms with van der Waals surface area (Å²) in [5, 5.41) is 18.4. The summed E-state index contributed by atoms with van der Waals surface area (Å²) in [6, 6.07) is 0. The van der Waals surface area contributed by atoms with Gasteiger partial charge < -0.3 is 10.4 Å². The van der Waals surface area contributed by atoms with Gasteiger partial charge in [0.2, 0.25) is 0 Å². The fraction of sp³-hybridized carbons (Fsp3) is 0.824. The summed E-state index contributed by atoms with van der Waals surface area (Å²) in [6.45, 7) is 11.4. The molecule has 0 aromatic carbocycles. The van der Waals surface area contributed by atoms with Crippen molar-refractivity contribution in [2.24, 2.45) is 5.41 Å². The van der Waals surface area contributed by atoms with Crippen molar-refractivity contribution in [2.75, 3.05) is 6.54 Å². The molecule has 4 heteroatoms. The van der Waals surface area contributed by atoms with Crippen LogP contribution in [0.1, 0.15) is 62.9 Å². The number of aliphatic hydroxyl groups excluding tert-OH is 1. The third-order valence-corrected chi connectivity index (χ3v) is 5.08. The molecule has 0 aliphatic heterocycles. The number of aromatic nitrogens is 2. The SMILES string of the molecule is CCCn1nc(C)c(CNCC2(C)CCCCC2O)c1C. The minimum absolute atomic E-state index is 0.0273. The number of aryl methyl sites for hydroxylation is 2. The summed E-state index contributed by atoms with van der Waals surface area (Å²) in [4.78, 5) is 0. The molecule has 0 bridgehead atoms. The molecular weight excluding hydrogens is 262 g/mol. The van der Waals surface area contributed by atoms with E-state index in [0.717, 1.165) is 44.6 Å². The second-order valence-electron chi connectivity index (χ2n) is 6.89.